The maximum atomic E-state index is 14.0. The van der Waals surface area contributed by atoms with Gasteiger partial charge in [-0.25, -0.2) is 17.9 Å². The third-order valence-electron chi connectivity index (χ3n) is 5.61. The third-order valence-corrected chi connectivity index (χ3v) is 5.97. The highest BCUT2D eigenvalue weighted by Gasteiger charge is 2.28. The fraction of sp³-hybridized carbons (Fsp3) is 0.217. The van der Waals surface area contributed by atoms with Gasteiger partial charge in [-0.1, -0.05) is 41.9 Å². The Morgan fingerprint density at radius 2 is 1.82 bits per heavy atom. The average molecular weight is 472 g/mol. The van der Waals surface area contributed by atoms with Crippen LogP contribution in [0.25, 0.3) is 33.5 Å². The first kappa shape index (κ1) is 21.4. The summed E-state index contributed by atoms with van der Waals surface area (Å²) in [4.78, 5) is 14.1. The fourth-order valence-electron chi connectivity index (χ4n) is 3.92. The molecule has 10 heteroatoms. The van der Waals surface area contributed by atoms with Crippen molar-refractivity contribution >= 4 is 28.5 Å². The van der Waals surface area contributed by atoms with E-state index >= 15 is 0 Å². The van der Waals surface area contributed by atoms with Crippen LogP contribution in [-0.2, 0) is 11.3 Å². The van der Waals surface area contributed by atoms with Crippen molar-refractivity contribution in [1.82, 2.24) is 24.9 Å². The number of nitrogens with zero attached hydrogens (tertiary/aromatic N) is 5. The van der Waals surface area contributed by atoms with Crippen molar-refractivity contribution in [2.45, 2.75) is 19.1 Å². The molecule has 1 fully saturated rings. The van der Waals surface area contributed by atoms with Gasteiger partial charge in [-0.3, -0.25) is 4.79 Å². The van der Waals surface area contributed by atoms with Gasteiger partial charge in [-0.05, 0) is 24.6 Å². The van der Waals surface area contributed by atoms with E-state index in [1.807, 2.05) is 30.3 Å². The molecule has 1 aliphatic heterocycles. The molecule has 1 atom stereocenters. The molecule has 0 N–H and O–H groups in total. The molecular formula is C23H17ClF3N5O. The Hall–Kier alpha value is -3.46. The Labute approximate surface area is 191 Å². The molecule has 3 heterocycles. The Morgan fingerprint density at radius 1 is 1.03 bits per heavy atom. The lowest BCUT2D eigenvalue weighted by molar-refractivity contribution is -0.131. The maximum absolute atomic E-state index is 14.0. The van der Waals surface area contributed by atoms with Gasteiger partial charge < -0.3 is 4.90 Å². The van der Waals surface area contributed by atoms with Crippen molar-refractivity contribution in [2.24, 2.45) is 0 Å². The average Bonchev–Trinajstić information content (AvgIpc) is 3.41. The molecule has 2 aromatic carbocycles. The lowest BCUT2D eigenvalue weighted by atomic mass is 10.1. The monoisotopic (exact) mass is 471 g/mol. The van der Waals surface area contributed by atoms with E-state index in [0.29, 0.717) is 23.2 Å². The first-order valence-electron chi connectivity index (χ1n) is 10.3. The molecule has 5 rings (SSSR count). The lowest BCUT2D eigenvalue weighted by Gasteiger charge is -2.15. The predicted octanol–water partition coefficient (Wildman–Crippen LogP) is 4.66. The van der Waals surface area contributed by atoms with Gasteiger partial charge in [0, 0.05) is 17.7 Å². The molecule has 0 spiro atoms. The minimum Gasteiger partial charge on any atom is -0.338 e. The Morgan fingerprint density at radius 3 is 2.52 bits per heavy atom. The quantitative estimate of drug-likeness (QED) is 0.434. The standard InChI is InChI=1S/C23H17ClF3N5O/c24-20-19-21(14-6-7-16(26)17(27)10-14)30-32(12-18(33)31-9-8-15(25)11-31)23(19)29-28-22(20)13-4-2-1-3-5-13/h1-7,10,15H,8-9,11-12H2/t15-/m1/s1. The second kappa shape index (κ2) is 8.47. The van der Waals surface area contributed by atoms with Crippen LogP contribution in [-0.4, -0.2) is 50.0 Å². The summed E-state index contributed by atoms with van der Waals surface area (Å²) in [6.07, 6.45) is -0.763. The van der Waals surface area contributed by atoms with Crippen molar-refractivity contribution in [3.8, 4) is 22.5 Å². The molecular weight excluding hydrogens is 455 g/mol. The van der Waals surface area contributed by atoms with Crippen LogP contribution in [0, 0.1) is 11.6 Å². The summed E-state index contributed by atoms with van der Waals surface area (Å²) in [6, 6.07) is 12.5. The zero-order valence-corrected chi connectivity index (χ0v) is 17.9. The van der Waals surface area contributed by atoms with Gasteiger partial charge >= 0.3 is 0 Å². The summed E-state index contributed by atoms with van der Waals surface area (Å²) in [5.41, 5.74) is 1.81. The molecule has 0 unspecified atom stereocenters. The van der Waals surface area contributed by atoms with Gasteiger partial charge in [0.2, 0.25) is 5.91 Å². The predicted molar refractivity (Wildman–Crippen MR) is 117 cm³/mol. The third kappa shape index (κ3) is 3.93. The summed E-state index contributed by atoms with van der Waals surface area (Å²) in [6.45, 7) is 0.126. The molecule has 33 heavy (non-hydrogen) atoms. The number of amides is 1. The zero-order chi connectivity index (χ0) is 23.1. The normalized spacial score (nSPS) is 16.0. The number of hydrogen-bond acceptors (Lipinski definition) is 4. The van der Waals surface area contributed by atoms with Crippen molar-refractivity contribution in [3.05, 3.63) is 65.2 Å². The van der Waals surface area contributed by atoms with E-state index < -0.39 is 17.8 Å². The largest absolute Gasteiger partial charge is 0.338 e. The van der Waals surface area contributed by atoms with Crippen molar-refractivity contribution in [2.75, 3.05) is 13.1 Å². The summed E-state index contributed by atoms with van der Waals surface area (Å²) >= 11 is 6.73. The summed E-state index contributed by atoms with van der Waals surface area (Å²) < 4.78 is 42.4. The molecule has 0 radical (unpaired) electrons. The van der Waals surface area contributed by atoms with E-state index in [-0.39, 0.29) is 47.3 Å². The molecule has 1 amide bonds. The second-order valence-electron chi connectivity index (χ2n) is 7.79. The first-order chi connectivity index (χ1) is 15.9. The molecule has 1 aliphatic rings. The van der Waals surface area contributed by atoms with Gasteiger partial charge in [0.25, 0.3) is 0 Å². The van der Waals surface area contributed by atoms with E-state index in [1.54, 1.807) is 0 Å². The molecule has 0 bridgehead atoms. The van der Waals surface area contributed by atoms with E-state index in [2.05, 4.69) is 15.3 Å². The van der Waals surface area contributed by atoms with E-state index in [9.17, 15) is 18.0 Å². The number of fused-ring (bicyclic) bond motifs is 1. The van der Waals surface area contributed by atoms with Crippen LogP contribution in [0.15, 0.2) is 48.5 Å². The van der Waals surface area contributed by atoms with Crippen LogP contribution in [0.1, 0.15) is 6.42 Å². The molecule has 1 saturated heterocycles. The van der Waals surface area contributed by atoms with Crippen molar-refractivity contribution in [1.29, 1.82) is 0 Å². The van der Waals surface area contributed by atoms with Gasteiger partial charge in [0.15, 0.2) is 17.3 Å². The van der Waals surface area contributed by atoms with Crippen LogP contribution >= 0.6 is 11.6 Å². The van der Waals surface area contributed by atoms with Gasteiger partial charge in [0.05, 0.1) is 17.0 Å². The number of benzene rings is 2. The summed E-state index contributed by atoms with van der Waals surface area (Å²) in [7, 11) is 0. The Balaban J connectivity index is 1.66. The summed E-state index contributed by atoms with van der Waals surface area (Å²) in [5.74, 6) is -2.37. The Bertz CT molecular complexity index is 1360. The topological polar surface area (TPSA) is 63.9 Å². The van der Waals surface area contributed by atoms with E-state index in [0.717, 1.165) is 12.1 Å². The number of carbonyl (C=O) groups excluding carboxylic acids is 1. The highest BCUT2D eigenvalue weighted by molar-refractivity contribution is 6.38. The van der Waals surface area contributed by atoms with Crippen LogP contribution < -0.4 is 0 Å². The molecule has 2 aromatic heterocycles. The minimum atomic E-state index is -1.05. The molecule has 6 nitrogen and oxygen atoms in total. The number of hydrogen-bond donors (Lipinski definition) is 0. The molecule has 0 aliphatic carbocycles. The van der Waals surface area contributed by atoms with Crippen molar-refractivity contribution < 1.29 is 18.0 Å². The molecule has 4 aromatic rings. The van der Waals surface area contributed by atoms with Crippen LogP contribution in [0.5, 0.6) is 0 Å². The number of rotatable bonds is 4. The fourth-order valence-corrected chi connectivity index (χ4v) is 4.25. The first-order valence-corrected chi connectivity index (χ1v) is 10.7. The maximum Gasteiger partial charge on any atom is 0.244 e. The zero-order valence-electron chi connectivity index (χ0n) is 17.2. The number of likely N-dealkylation sites (tertiary alicyclic amines) is 1. The highest BCUT2D eigenvalue weighted by Crippen LogP contribution is 2.37. The highest BCUT2D eigenvalue weighted by atomic mass is 35.5. The van der Waals surface area contributed by atoms with Crippen LogP contribution in [0.4, 0.5) is 13.2 Å². The van der Waals surface area contributed by atoms with Crippen LogP contribution in [0.2, 0.25) is 5.02 Å². The minimum absolute atomic E-state index is 0.0264. The smallest absolute Gasteiger partial charge is 0.244 e. The SMILES string of the molecule is O=C(Cn1nc(-c2ccc(F)c(F)c2)c2c(Cl)c(-c3ccccc3)nnc21)N1CC[C@@H](F)C1. The van der Waals surface area contributed by atoms with E-state index in [4.69, 9.17) is 11.6 Å². The second-order valence-corrected chi connectivity index (χ2v) is 8.17. The lowest BCUT2D eigenvalue weighted by Crippen LogP contribution is -2.32. The van der Waals surface area contributed by atoms with Gasteiger partial charge in [0.1, 0.15) is 24.1 Å². The van der Waals surface area contributed by atoms with Crippen LogP contribution in [0.3, 0.4) is 0 Å². The number of aromatic nitrogens is 4. The molecule has 0 saturated carbocycles. The van der Waals surface area contributed by atoms with Gasteiger partial charge in [-0.2, -0.15) is 5.10 Å². The van der Waals surface area contributed by atoms with Crippen molar-refractivity contribution in [3.63, 3.8) is 0 Å². The number of carbonyl (C=O) groups is 1. The summed E-state index contributed by atoms with van der Waals surface area (Å²) in [5, 5.41) is 13.5. The number of halogens is 4. The van der Waals surface area contributed by atoms with E-state index in [1.165, 1.54) is 15.6 Å². The Kier molecular flexibility index (Phi) is 5.49. The van der Waals surface area contributed by atoms with Gasteiger partial charge in [-0.15, -0.1) is 10.2 Å². The number of alkyl halides is 1. The molecule has 168 valence electrons.